The van der Waals surface area contributed by atoms with E-state index in [2.05, 4.69) is 11.9 Å². The molecule has 5 nitrogen and oxygen atoms in total. The number of nitrogens with two attached hydrogens (primary N) is 1. The van der Waals surface area contributed by atoms with Crippen molar-refractivity contribution in [1.82, 2.24) is 10.2 Å². The van der Waals surface area contributed by atoms with Gasteiger partial charge in [-0.2, -0.15) is 0 Å². The van der Waals surface area contributed by atoms with Crippen LogP contribution in [0.25, 0.3) is 0 Å². The van der Waals surface area contributed by atoms with Gasteiger partial charge in [0.15, 0.2) is 0 Å². The minimum Gasteiger partial charge on any atom is -0.354 e. The van der Waals surface area contributed by atoms with Crippen LogP contribution in [0.1, 0.15) is 38.5 Å². The van der Waals surface area contributed by atoms with Gasteiger partial charge in [-0.3, -0.25) is 9.59 Å². The Labute approximate surface area is 115 Å². The van der Waals surface area contributed by atoms with Crippen LogP contribution in [0.5, 0.6) is 0 Å². The van der Waals surface area contributed by atoms with Gasteiger partial charge in [0, 0.05) is 38.5 Å². The first-order valence-electron chi connectivity index (χ1n) is 7.06. The van der Waals surface area contributed by atoms with E-state index in [-0.39, 0.29) is 17.9 Å². The minimum atomic E-state index is -0.0356. The maximum atomic E-state index is 12.1. The van der Waals surface area contributed by atoms with E-state index in [0.717, 1.165) is 25.8 Å². The van der Waals surface area contributed by atoms with Crippen LogP contribution < -0.4 is 11.1 Å². The van der Waals surface area contributed by atoms with Gasteiger partial charge in [-0.15, -0.1) is 6.58 Å². The van der Waals surface area contributed by atoms with Crippen LogP contribution in [0.4, 0.5) is 0 Å². The number of carbonyl (C=O) groups excluding carboxylic acids is 2. The standard InChI is InChI=1S/C14H25N3O2/c1-2-3-7-14(19)17-10-5-4-6-12(17)11-16-13(18)8-9-15/h2,12H,1,3-11,15H2,(H,16,18). The Balaban J connectivity index is 2.45. The molecule has 1 unspecified atom stereocenters. The first-order chi connectivity index (χ1) is 9.19. The van der Waals surface area contributed by atoms with Crippen molar-refractivity contribution in [2.45, 2.75) is 44.6 Å². The van der Waals surface area contributed by atoms with Crippen molar-refractivity contribution in [2.24, 2.45) is 5.73 Å². The Morgan fingerprint density at radius 3 is 2.84 bits per heavy atom. The smallest absolute Gasteiger partial charge is 0.223 e. The van der Waals surface area contributed by atoms with Crippen molar-refractivity contribution in [1.29, 1.82) is 0 Å². The molecule has 19 heavy (non-hydrogen) atoms. The fourth-order valence-electron chi connectivity index (χ4n) is 2.36. The molecule has 0 aliphatic carbocycles. The van der Waals surface area contributed by atoms with Gasteiger partial charge < -0.3 is 16.0 Å². The molecule has 1 atom stereocenters. The Morgan fingerprint density at radius 1 is 1.37 bits per heavy atom. The molecule has 0 aromatic carbocycles. The Morgan fingerprint density at radius 2 is 2.16 bits per heavy atom. The molecule has 5 heteroatoms. The lowest BCUT2D eigenvalue weighted by molar-refractivity contribution is -0.135. The fourth-order valence-corrected chi connectivity index (χ4v) is 2.36. The summed E-state index contributed by atoms with van der Waals surface area (Å²) in [6.07, 6.45) is 6.45. The number of hydrogen-bond donors (Lipinski definition) is 2. The topological polar surface area (TPSA) is 75.4 Å². The number of carbonyl (C=O) groups is 2. The molecule has 1 heterocycles. The number of piperidine rings is 1. The summed E-state index contributed by atoms with van der Waals surface area (Å²) in [5, 5.41) is 2.86. The molecule has 0 radical (unpaired) electrons. The van der Waals surface area contributed by atoms with Gasteiger partial charge >= 0.3 is 0 Å². The normalized spacial score (nSPS) is 19.0. The third kappa shape index (κ3) is 5.42. The van der Waals surface area contributed by atoms with Gasteiger partial charge in [0.2, 0.25) is 11.8 Å². The first-order valence-corrected chi connectivity index (χ1v) is 7.06. The highest BCUT2D eigenvalue weighted by Crippen LogP contribution is 2.18. The molecule has 0 saturated carbocycles. The lowest BCUT2D eigenvalue weighted by Gasteiger charge is -2.36. The molecular formula is C14H25N3O2. The monoisotopic (exact) mass is 267 g/mol. The number of amides is 2. The molecule has 1 saturated heterocycles. The van der Waals surface area contributed by atoms with E-state index in [1.807, 2.05) is 4.90 Å². The Bertz CT molecular complexity index is 318. The van der Waals surface area contributed by atoms with Crippen LogP contribution in [0.2, 0.25) is 0 Å². The lowest BCUT2D eigenvalue weighted by Crippen LogP contribution is -2.49. The van der Waals surface area contributed by atoms with E-state index in [0.29, 0.717) is 32.4 Å². The van der Waals surface area contributed by atoms with Gasteiger partial charge in [-0.25, -0.2) is 0 Å². The van der Waals surface area contributed by atoms with E-state index < -0.39 is 0 Å². The predicted octanol–water partition coefficient (Wildman–Crippen LogP) is 0.799. The SMILES string of the molecule is C=CCCC(=O)N1CCCCC1CNC(=O)CCN. The van der Waals surface area contributed by atoms with Crippen molar-refractivity contribution in [3.8, 4) is 0 Å². The largest absolute Gasteiger partial charge is 0.354 e. The van der Waals surface area contributed by atoms with Crippen molar-refractivity contribution in [3.05, 3.63) is 12.7 Å². The van der Waals surface area contributed by atoms with Gasteiger partial charge in [-0.1, -0.05) is 6.08 Å². The number of allylic oxidation sites excluding steroid dienone is 1. The Kier molecular flexibility index (Phi) is 7.18. The lowest BCUT2D eigenvalue weighted by atomic mass is 10.0. The molecule has 0 aromatic rings. The quantitative estimate of drug-likeness (QED) is 0.670. The molecule has 3 N–H and O–H groups in total. The molecule has 0 aromatic heterocycles. The number of hydrogen-bond acceptors (Lipinski definition) is 3. The van der Waals surface area contributed by atoms with Crippen molar-refractivity contribution < 1.29 is 9.59 Å². The summed E-state index contributed by atoms with van der Waals surface area (Å²) in [5.74, 6) is 0.129. The second-order valence-corrected chi connectivity index (χ2v) is 4.91. The van der Waals surface area contributed by atoms with E-state index >= 15 is 0 Å². The second kappa shape index (κ2) is 8.69. The molecule has 1 rings (SSSR count). The third-order valence-electron chi connectivity index (χ3n) is 3.42. The summed E-state index contributed by atoms with van der Waals surface area (Å²) >= 11 is 0. The highest BCUT2D eigenvalue weighted by Gasteiger charge is 2.26. The van der Waals surface area contributed by atoms with E-state index in [1.165, 1.54) is 0 Å². The van der Waals surface area contributed by atoms with Gasteiger partial charge in [0.05, 0.1) is 0 Å². The summed E-state index contributed by atoms with van der Waals surface area (Å²) in [7, 11) is 0. The Hall–Kier alpha value is -1.36. The van der Waals surface area contributed by atoms with Crippen LogP contribution in [0.3, 0.4) is 0 Å². The molecule has 2 amide bonds. The molecule has 0 spiro atoms. The molecule has 0 bridgehead atoms. The van der Waals surface area contributed by atoms with Gasteiger partial charge in [0.25, 0.3) is 0 Å². The van der Waals surface area contributed by atoms with Crippen molar-refractivity contribution in [2.75, 3.05) is 19.6 Å². The number of rotatable bonds is 7. The van der Waals surface area contributed by atoms with Crippen molar-refractivity contribution >= 4 is 11.8 Å². The number of nitrogens with one attached hydrogen (secondary N) is 1. The summed E-state index contributed by atoms with van der Waals surface area (Å²) in [5.41, 5.74) is 5.33. The summed E-state index contributed by atoms with van der Waals surface area (Å²) in [4.78, 5) is 25.4. The zero-order chi connectivity index (χ0) is 14.1. The van der Waals surface area contributed by atoms with Crippen LogP contribution in [0, 0.1) is 0 Å². The van der Waals surface area contributed by atoms with Crippen molar-refractivity contribution in [3.63, 3.8) is 0 Å². The maximum Gasteiger partial charge on any atom is 0.223 e. The van der Waals surface area contributed by atoms with E-state index in [4.69, 9.17) is 5.73 Å². The van der Waals surface area contributed by atoms with E-state index in [9.17, 15) is 9.59 Å². The summed E-state index contributed by atoms with van der Waals surface area (Å²) < 4.78 is 0. The highest BCUT2D eigenvalue weighted by molar-refractivity contribution is 5.77. The fraction of sp³-hybridized carbons (Fsp3) is 0.714. The molecule has 1 aliphatic heterocycles. The minimum absolute atomic E-state index is 0.0356. The number of nitrogens with zero attached hydrogens (tertiary/aromatic N) is 1. The average molecular weight is 267 g/mol. The molecule has 1 aliphatic rings. The average Bonchev–Trinajstić information content (AvgIpc) is 2.43. The first kappa shape index (κ1) is 15.7. The van der Waals surface area contributed by atoms with Crippen LogP contribution in [-0.2, 0) is 9.59 Å². The maximum absolute atomic E-state index is 12.1. The van der Waals surface area contributed by atoms with Crippen LogP contribution in [-0.4, -0.2) is 42.4 Å². The zero-order valence-electron chi connectivity index (χ0n) is 11.6. The molecular weight excluding hydrogens is 242 g/mol. The summed E-state index contributed by atoms with van der Waals surface area (Å²) in [6.45, 7) is 5.34. The van der Waals surface area contributed by atoms with Crippen LogP contribution in [0.15, 0.2) is 12.7 Å². The predicted molar refractivity (Wildman–Crippen MR) is 75.5 cm³/mol. The number of likely N-dealkylation sites (tertiary alicyclic amines) is 1. The molecule has 108 valence electrons. The van der Waals surface area contributed by atoms with E-state index in [1.54, 1.807) is 6.08 Å². The highest BCUT2D eigenvalue weighted by atomic mass is 16.2. The third-order valence-corrected chi connectivity index (χ3v) is 3.42. The molecule has 1 fully saturated rings. The van der Waals surface area contributed by atoms with Gasteiger partial charge in [0.1, 0.15) is 0 Å². The zero-order valence-corrected chi connectivity index (χ0v) is 11.6. The van der Waals surface area contributed by atoms with Gasteiger partial charge in [-0.05, 0) is 25.7 Å². The second-order valence-electron chi connectivity index (χ2n) is 4.91. The van der Waals surface area contributed by atoms with Crippen LogP contribution >= 0.6 is 0 Å². The summed E-state index contributed by atoms with van der Waals surface area (Å²) in [6, 6.07) is 0.132.